The number of rotatable bonds is 4. The molecule has 20 heavy (non-hydrogen) atoms. The molecule has 0 bridgehead atoms. The lowest BCUT2D eigenvalue weighted by Crippen LogP contribution is -2.40. The van der Waals surface area contributed by atoms with E-state index in [2.05, 4.69) is 10.2 Å². The Balaban J connectivity index is 1.86. The molecular weight excluding hydrogens is 256 g/mol. The smallest absolute Gasteiger partial charge is 0.228 e. The zero-order chi connectivity index (χ0) is 14.5. The van der Waals surface area contributed by atoms with Crippen LogP contribution in [0, 0.1) is 5.92 Å². The highest BCUT2D eigenvalue weighted by Gasteiger charge is 2.36. The Hall–Kier alpha value is -1.14. The fourth-order valence-electron chi connectivity index (χ4n) is 2.80. The Morgan fingerprint density at radius 3 is 2.90 bits per heavy atom. The van der Waals surface area contributed by atoms with Crippen LogP contribution in [0.2, 0.25) is 0 Å². The minimum atomic E-state index is -0.136. The first kappa shape index (κ1) is 15.3. The average molecular weight is 282 g/mol. The van der Waals surface area contributed by atoms with E-state index in [1.54, 1.807) is 0 Å². The number of carbonyl (C=O) groups is 2. The average Bonchev–Trinajstić information content (AvgIpc) is 2.64. The topological polar surface area (TPSA) is 55.9 Å². The molecule has 1 unspecified atom stereocenters. The van der Waals surface area contributed by atoms with Crippen molar-refractivity contribution in [3.05, 3.63) is 0 Å². The molecule has 6 heteroatoms. The molecule has 0 radical (unpaired) electrons. The summed E-state index contributed by atoms with van der Waals surface area (Å²) in [4.78, 5) is 30.3. The van der Waals surface area contributed by atoms with Crippen molar-refractivity contribution >= 4 is 11.8 Å². The molecule has 1 N–H and O–H groups in total. The van der Waals surface area contributed by atoms with Gasteiger partial charge in [-0.15, -0.1) is 0 Å². The molecule has 6 nitrogen and oxygen atoms in total. The summed E-state index contributed by atoms with van der Waals surface area (Å²) in [6.07, 6.45) is 1.38. The predicted octanol–water partition coefficient (Wildman–Crippen LogP) is -0.782. The fourth-order valence-corrected chi connectivity index (χ4v) is 2.80. The molecule has 2 aliphatic rings. The van der Waals surface area contributed by atoms with Crippen LogP contribution in [0.5, 0.6) is 0 Å². The first-order valence-corrected chi connectivity index (χ1v) is 7.50. The number of nitrogens with one attached hydrogen (secondary N) is 1. The van der Waals surface area contributed by atoms with Crippen molar-refractivity contribution in [2.45, 2.75) is 12.8 Å². The zero-order valence-corrected chi connectivity index (χ0v) is 12.6. The van der Waals surface area contributed by atoms with Gasteiger partial charge in [0.25, 0.3) is 0 Å². The Morgan fingerprint density at radius 1 is 1.35 bits per heavy atom. The van der Waals surface area contributed by atoms with Crippen molar-refractivity contribution in [2.24, 2.45) is 5.92 Å². The maximum Gasteiger partial charge on any atom is 0.228 e. The van der Waals surface area contributed by atoms with E-state index in [9.17, 15) is 9.59 Å². The highest BCUT2D eigenvalue weighted by atomic mass is 16.2. The monoisotopic (exact) mass is 282 g/mol. The summed E-state index contributed by atoms with van der Waals surface area (Å²) in [7, 11) is 3.99. The second kappa shape index (κ2) is 7.04. The Kier molecular flexibility index (Phi) is 5.37. The highest BCUT2D eigenvalue weighted by molar-refractivity contribution is 5.89. The van der Waals surface area contributed by atoms with Crippen molar-refractivity contribution in [2.75, 3.05) is 59.9 Å². The van der Waals surface area contributed by atoms with Crippen molar-refractivity contribution in [3.8, 4) is 0 Å². The fraction of sp³-hybridized carbons (Fsp3) is 0.857. The maximum absolute atomic E-state index is 12.5. The van der Waals surface area contributed by atoms with Crippen LogP contribution >= 0.6 is 0 Å². The van der Waals surface area contributed by atoms with Gasteiger partial charge in [-0.2, -0.15) is 0 Å². The summed E-state index contributed by atoms with van der Waals surface area (Å²) in [5, 5.41) is 3.30. The van der Waals surface area contributed by atoms with Crippen LogP contribution < -0.4 is 5.32 Å². The van der Waals surface area contributed by atoms with Gasteiger partial charge in [0.2, 0.25) is 11.8 Å². The second-order valence-corrected chi connectivity index (χ2v) is 5.97. The van der Waals surface area contributed by atoms with Crippen molar-refractivity contribution in [1.82, 2.24) is 20.0 Å². The first-order valence-electron chi connectivity index (χ1n) is 7.50. The van der Waals surface area contributed by atoms with Gasteiger partial charge in [0.05, 0.1) is 5.92 Å². The molecular formula is C14H26N4O2. The second-order valence-electron chi connectivity index (χ2n) is 5.97. The molecule has 2 heterocycles. The van der Waals surface area contributed by atoms with Gasteiger partial charge >= 0.3 is 0 Å². The maximum atomic E-state index is 12.5. The molecule has 2 saturated heterocycles. The van der Waals surface area contributed by atoms with E-state index in [-0.39, 0.29) is 17.7 Å². The van der Waals surface area contributed by atoms with Crippen molar-refractivity contribution in [3.63, 3.8) is 0 Å². The van der Waals surface area contributed by atoms with E-state index in [1.807, 2.05) is 23.9 Å². The van der Waals surface area contributed by atoms with Crippen LogP contribution in [0.15, 0.2) is 0 Å². The van der Waals surface area contributed by atoms with E-state index in [0.29, 0.717) is 13.0 Å². The number of amides is 2. The van der Waals surface area contributed by atoms with Gasteiger partial charge in [0, 0.05) is 45.7 Å². The van der Waals surface area contributed by atoms with Gasteiger partial charge in [-0.25, -0.2) is 0 Å². The molecule has 2 fully saturated rings. The molecule has 2 amide bonds. The van der Waals surface area contributed by atoms with Crippen LogP contribution in [0.3, 0.4) is 0 Å². The molecule has 2 rings (SSSR count). The number of likely N-dealkylation sites (N-methyl/N-ethyl adjacent to an activating group) is 1. The minimum Gasteiger partial charge on any atom is -0.341 e. The number of carbonyl (C=O) groups excluding carboxylic acids is 2. The summed E-state index contributed by atoms with van der Waals surface area (Å²) < 4.78 is 0. The van der Waals surface area contributed by atoms with Gasteiger partial charge in [-0.3, -0.25) is 9.59 Å². The normalized spacial score (nSPS) is 24.4. The molecule has 0 aliphatic carbocycles. The SMILES string of the molecule is CN(C)CCN1CC(C(=O)N2CCCNCC2)CC1=O. The minimum absolute atomic E-state index is 0.123. The van der Waals surface area contributed by atoms with Crippen LogP contribution in [0.25, 0.3) is 0 Å². The highest BCUT2D eigenvalue weighted by Crippen LogP contribution is 2.20. The number of hydrogen-bond acceptors (Lipinski definition) is 4. The van der Waals surface area contributed by atoms with Gasteiger partial charge < -0.3 is 20.0 Å². The standard InChI is InChI=1S/C14H26N4O2/c1-16(2)8-9-18-11-12(10-13(18)19)14(20)17-6-3-4-15-5-7-17/h12,15H,3-11H2,1-2H3. The summed E-state index contributed by atoms with van der Waals surface area (Å²) >= 11 is 0. The van der Waals surface area contributed by atoms with Crippen LogP contribution in [-0.4, -0.2) is 86.4 Å². The van der Waals surface area contributed by atoms with E-state index in [1.165, 1.54) is 0 Å². The lowest BCUT2D eigenvalue weighted by Gasteiger charge is -2.24. The predicted molar refractivity (Wildman–Crippen MR) is 77.3 cm³/mol. The summed E-state index contributed by atoms with van der Waals surface area (Å²) in [5.41, 5.74) is 0. The Morgan fingerprint density at radius 2 is 2.15 bits per heavy atom. The third-order valence-corrected chi connectivity index (χ3v) is 4.03. The van der Waals surface area contributed by atoms with E-state index < -0.39 is 0 Å². The Labute approximate surface area is 121 Å². The molecule has 0 aromatic heterocycles. The largest absolute Gasteiger partial charge is 0.341 e. The molecule has 0 aromatic carbocycles. The first-order chi connectivity index (χ1) is 9.58. The van der Waals surface area contributed by atoms with E-state index >= 15 is 0 Å². The van der Waals surface area contributed by atoms with Gasteiger partial charge in [-0.05, 0) is 27.1 Å². The lowest BCUT2D eigenvalue weighted by atomic mass is 10.1. The lowest BCUT2D eigenvalue weighted by molar-refractivity contribution is -0.135. The number of likely N-dealkylation sites (tertiary alicyclic amines) is 1. The van der Waals surface area contributed by atoms with Gasteiger partial charge in [0.1, 0.15) is 0 Å². The van der Waals surface area contributed by atoms with Crippen LogP contribution in [0.1, 0.15) is 12.8 Å². The quantitative estimate of drug-likeness (QED) is 0.735. The summed E-state index contributed by atoms with van der Waals surface area (Å²) in [6, 6.07) is 0. The van der Waals surface area contributed by atoms with E-state index in [4.69, 9.17) is 0 Å². The molecule has 2 aliphatic heterocycles. The van der Waals surface area contributed by atoms with Crippen LogP contribution in [-0.2, 0) is 9.59 Å². The van der Waals surface area contributed by atoms with E-state index in [0.717, 1.165) is 45.7 Å². The van der Waals surface area contributed by atoms with Gasteiger partial charge in [-0.1, -0.05) is 0 Å². The number of nitrogens with zero attached hydrogens (tertiary/aromatic N) is 3. The van der Waals surface area contributed by atoms with Crippen molar-refractivity contribution < 1.29 is 9.59 Å². The summed E-state index contributed by atoms with van der Waals surface area (Å²) in [5.74, 6) is 0.148. The third-order valence-electron chi connectivity index (χ3n) is 4.03. The molecule has 0 aromatic rings. The van der Waals surface area contributed by atoms with Crippen molar-refractivity contribution in [1.29, 1.82) is 0 Å². The zero-order valence-electron chi connectivity index (χ0n) is 12.6. The van der Waals surface area contributed by atoms with Gasteiger partial charge in [0.15, 0.2) is 0 Å². The molecule has 114 valence electrons. The van der Waals surface area contributed by atoms with Crippen LogP contribution in [0.4, 0.5) is 0 Å². The molecule has 0 spiro atoms. The number of hydrogen-bond donors (Lipinski definition) is 1. The third kappa shape index (κ3) is 3.93. The summed E-state index contributed by atoms with van der Waals surface area (Å²) in [6.45, 7) is 5.57. The molecule has 1 atom stereocenters. The Bertz CT molecular complexity index is 351. The molecule has 0 saturated carbocycles.